The number of nitrogens with zero attached hydrogens (tertiary/aromatic N) is 1. The number of likely N-dealkylation sites (tertiary alicyclic amines) is 1. The van der Waals surface area contributed by atoms with Gasteiger partial charge >= 0.3 is 5.97 Å². The maximum Gasteiger partial charge on any atom is 0.321 e. The first-order valence-corrected chi connectivity index (χ1v) is 6.99. The number of carboxylic acid groups (broad SMARTS) is 1. The van der Waals surface area contributed by atoms with Gasteiger partial charge in [-0.05, 0) is 42.5 Å². The Hall–Kier alpha value is -1.06. The molecule has 1 heterocycles. The number of aliphatic carboxylic acids is 1. The first kappa shape index (κ1) is 14.4. The molecule has 104 valence electrons. The van der Waals surface area contributed by atoms with Crippen LogP contribution < -0.4 is 0 Å². The van der Waals surface area contributed by atoms with Crippen molar-refractivity contribution in [3.63, 3.8) is 0 Å². The van der Waals surface area contributed by atoms with Gasteiger partial charge in [0.15, 0.2) is 0 Å². The summed E-state index contributed by atoms with van der Waals surface area (Å²) in [5.41, 5.74) is 0.874. The molecule has 0 aliphatic carbocycles. The van der Waals surface area contributed by atoms with Crippen molar-refractivity contribution in [1.29, 1.82) is 0 Å². The Bertz CT molecular complexity index is 473. The molecule has 1 N–H and O–H groups in total. The third-order valence-electron chi connectivity index (χ3n) is 3.88. The second kappa shape index (κ2) is 5.51. The average Bonchev–Trinajstić information content (AvgIpc) is 2.26. The first-order chi connectivity index (χ1) is 8.90. The fourth-order valence-corrected chi connectivity index (χ4v) is 3.24. The van der Waals surface area contributed by atoms with E-state index in [-0.39, 0.29) is 5.41 Å². The molecule has 19 heavy (non-hydrogen) atoms. The van der Waals surface area contributed by atoms with E-state index >= 15 is 0 Å². The van der Waals surface area contributed by atoms with E-state index in [0.29, 0.717) is 11.6 Å². The van der Waals surface area contributed by atoms with Crippen LogP contribution in [0.2, 0.25) is 5.02 Å². The summed E-state index contributed by atoms with van der Waals surface area (Å²) in [7, 11) is 0. The monoisotopic (exact) mass is 281 g/mol. The van der Waals surface area contributed by atoms with Crippen LogP contribution in [0.4, 0.5) is 0 Å². The van der Waals surface area contributed by atoms with E-state index < -0.39 is 12.0 Å². The molecule has 1 aliphatic heterocycles. The largest absolute Gasteiger partial charge is 0.480 e. The Morgan fingerprint density at radius 2 is 2.26 bits per heavy atom. The number of halogens is 1. The molecule has 0 bridgehead atoms. The molecule has 1 aliphatic rings. The molecule has 0 aromatic heterocycles. The molecule has 2 rings (SSSR count). The van der Waals surface area contributed by atoms with E-state index in [1.54, 1.807) is 0 Å². The zero-order valence-corrected chi connectivity index (χ0v) is 12.2. The highest BCUT2D eigenvalue weighted by molar-refractivity contribution is 6.30. The van der Waals surface area contributed by atoms with Crippen LogP contribution in [0, 0.1) is 5.41 Å². The maximum atomic E-state index is 11.6. The van der Waals surface area contributed by atoms with Gasteiger partial charge in [0.2, 0.25) is 0 Å². The van der Waals surface area contributed by atoms with Crippen LogP contribution in [0.15, 0.2) is 24.3 Å². The Balaban J connectivity index is 2.20. The molecule has 3 nitrogen and oxygen atoms in total. The van der Waals surface area contributed by atoms with Crippen molar-refractivity contribution in [2.45, 2.75) is 39.3 Å². The van der Waals surface area contributed by atoms with Gasteiger partial charge in [-0.2, -0.15) is 0 Å². The van der Waals surface area contributed by atoms with Crippen LogP contribution in [-0.2, 0) is 11.3 Å². The molecule has 1 aromatic rings. The maximum absolute atomic E-state index is 11.6. The number of carbonyl (C=O) groups is 1. The summed E-state index contributed by atoms with van der Waals surface area (Å²) in [6, 6.07) is 7.21. The number of benzene rings is 1. The lowest BCUT2D eigenvalue weighted by atomic mass is 9.76. The summed E-state index contributed by atoms with van der Waals surface area (Å²) >= 11 is 5.98. The van der Waals surface area contributed by atoms with E-state index in [2.05, 4.69) is 4.90 Å². The molecular formula is C15H20ClNO2. The molecule has 0 radical (unpaired) electrons. The second-order valence-electron chi connectivity index (χ2n) is 5.93. The van der Waals surface area contributed by atoms with Crippen molar-refractivity contribution < 1.29 is 9.90 Å². The normalized spacial score (nSPS) is 23.2. The molecule has 1 atom stereocenters. The lowest BCUT2D eigenvalue weighted by molar-refractivity contribution is -0.151. The van der Waals surface area contributed by atoms with Gasteiger partial charge in [0.1, 0.15) is 6.04 Å². The lowest BCUT2D eigenvalue weighted by Crippen LogP contribution is -2.53. The fraction of sp³-hybridized carbons (Fsp3) is 0.533. The van der Waals surface area contributed by atoms with Crippen molar-refractivity contribution in [3.05, 3.63) is 34.9 Å². The molecule has 0 saturated carbocycles. The number of hydrogen-bond donors (Lipinski definition) is 1. The molecule has 0 amide bonds. The molecule has 4 heteroatoms. The van der Waals surface area contributed by atoms with Crippen LogP contribution in [0.5, 0.6) is 0 Å². The van der Waals surface area contributed by atoms with Gasteiger partial charge in [-0.15, -0.1) is 0 Å². The first-order valence-electron chi connectivity index (χ1n) is 6.61. The van der Waals surface area contributed by atoms with E-state index in [1.165, 1.54) is 0 Å². The summed E-state index contributed by atoms with van der Waals surface area (Å²) in [4.78, 5) is 13.6. The SMILES string of the molecule is CC1(C)CCCN(Cc2cccc(Cl)c2)C1C(=O)O. The van der Waals surface area contributed by atoms with Gasteiger partial charge in [0.05, 0.1) is 0 Å². The Morgan fingerprint density at radius 1 is 1.53 bits per heavy atom. The molecular weight excluding hydrogens is 262 g/mol. The minimum Gasteiger partial charge on any atom is -0.480 e. The zero-order chi connectivity index (χ0) is 14.0. The standard InChI is InChI=1S/C15H20ClNO2/c1-15(2)7-4-8-17(13(15)14(18)19)10-11-5-3-6-12(16)9-11/h3,5-6,9,13H,4,7-8,10H2,1-2H3,(H,18,19). The van der Waals surface area contributed by atoms with E-state index in [0.717, 1.165) is 24.9 Å². The summed E-state index contributed by atoms with van der Waals surface area (Å²) in [6.07, 6.45) is 1.99. The quantitative estimate of drug-likeness (QED) is 0.923. The van der Waals surface area contributed by atoms with Gasteiger partial charge in [-0.3, -0.25) is 9.69 Å². The summed E-state index contributed by atoms with van der Waals surface area (Å²) in [5.74, 6) is -0.730. The fourth-order valence-electron chi connectivity index (χ4n) is 3.03. The van der Waals surface area contributed by atoms with Gasteiger partial charge in [-0.1, -0.05) is 37.6 Å². The molecule has 1 aromatic carbocycles. The highest BCUT2D eigenvalue weighted by Crippen LogP contribution is 2.36. The summed E-state index contributed by atoms with van der Waals surface area (Å²) in [5, 5.41) is 10.2. The van der Waals surface area contributed by atoms with Crippen molar-refractivity contribution in [2.24, 2.45) is 5.41 Å². The lowest BCUT2D eigenvalue weighted by Gasteiger charge is -2.44. The number of piperidine rings is 1. The average molecular weight is 282 g/mol. The van der Waals surface area contributed by atoms with Crippen LogP contribution >= 0.6 is 11.6 Å². The van der Waals surface area contributed by atoms with E-state index in [4.69, 9.17) is 11.6 Å². The number of rotatable bonds is 3. The molecule has 1 saturated heterocycles. The highest BCUT2D eigenvalue weighted by atomic mass is 35.5. The van der Waals surface area contributed by atoms with Crippen molar-refractivity contribution in [2.75, 3.05) is 6.54 Å². The van der Waals surface area contributed by atoms with Crippen LogP contribution in [0.25, 0.3) is 0 Å². The number of hydrogen-bond acceptors (Lipinski definition) is 2. The smallest absolute Gasteiger partial charge is 0.321 e. The van der Waals surface area contributed by atoms with Crippen molar-refractivity contribution in [3.8, 4) is 0 Å². The Morgan fingerprint density at radius 3 is 2.89 bits per heavy atom. The van der Waals surface area contributed by atoms with E-state index in [9.17, 15) is 9.90 Å². The van der Waals surface area contributed by atoms with Gasteiger partial charge < -0.3 is 5.11 Å². The summed E-state index contributed by atoms with van der Waals surface area (Å²) < 4.78 is 0. The third kappa shape index (κ3) is 3.28. The topological polar surface area (TPSA) is 40.5 Å². The number of carboxylic acids is 1. The predicted molar refractivity (Wildman–Crippen MR) is 76.3 cm³/mol. The van der Waals surface area contributed by atoms with Crippen LogP contribution in [-0.4, -0.2) is 28.6 Å². The second-order valence-corrected chi connectivity index (χ2v) is 6.37. The molecule has 1 unspecified atom stereocenters. The van der Waals surface area contributed by atoms with Crippen LogP contribution in [0.3, 0.4) is 0 Å². The Labute approximate surface area is 119 Å². The van der Waals surface area contributed by atoms with Gasteiger partial charge in [-0.25, -0.2) is 0 Å². The third-order valence-corrected chi connectivity index (χ3v) is 4.12. The molecule has 0 spiro atoms. The predicted octanol–water partition coefficient (Wildman–Crippen LogP) is 3.42. The van der Waals surface area contributed by atoms with Crippen molar-refractivity contribution >= 4 is 17.6 Å². The summed E-state index contributed by atoms with van der Waals surface area (Å²) in [6.45, 7) is 5.54. The van der Waals surface area contributed by atoms with E-state index in [1.807, 2.05) is 38.1 Å². The van der Waals surface area contributed by atoms with Crippen LogP contribution in [0.1, 0.15) is 32.3 Å². The minimum absolute atomic E-state index is 0.192. The Kier molecular flexibility index (Phi) is 4.16. The minimum atomic E-state index is -0.730. The zero-order valence-electron chi connectivity index (χ0n) is 11.4. The van der Waals surface area contributed by atoms with Gasteiger partial charge in [0, 0.05) is 11.6 Å². The highest BCUT2D eigenvalue weighted by Gasteiger charge is 2.42. The molecule has 1 fully saturated rings. The van der Waals surface area contributed by atoms with Gasteiger partial charge in [0.25, 0.3) is 0 Å². The van der Waals surface area contributed by atoms with Crippen molar-refractivity contribution in [1.82, 2.24) is 4.90 Å².